The third kappa shape index (κ3) is 6.90. The summed E-state index contributed by atoms with van der Waals surface area (Å²) in [4.78, 5) is 66.3. The third-order valence-corrected chi connectivity index (χ3v) is 8.49. The first kappa shape index (κ1) is 30.8. The first-order valence-electron chi connectivity index (χ1n) is 12.0. The number of nitrogens with two attached hydrogens (primary N) is 3. The maximum Gasteiger partial charge on any atom is 0.341 e. The van der Waals surface area contributed by atoms with E-state index in [1.54, 1.807) is 18.0 Å². The summed E-state index contributed by atoms with van der Waals surface area (Å²) in [6.45, 7) is 5.40. The number of anilines is 3. The van der Waals surface area contributed by atoms with Gasteiger partial charge < -0.3 is 36.8 Å². The van der Waals surface area contributed by atoms with Crippen molar-refractivity contribution in [1.82, 2.24) is 9.88 Å². The van der Waals surface area contributed by atoms with E-state index in [9.17, 15) is 24.0 Å². The molecule has 0 aliphatic carbocycles. The molecule has 1 fully saturated rings. The molecule has 41 heavy (non-hydrogen) atoms. The lowest BCUT2D eigenvalue weighted by molar-refractivity contribution is 0.0600. The third-order valence-electron chi connectivity index (χ3n) is 6.13. The Morgan fingerprint density at radius 3 is 2.00 bits per heavy atom. The number of aromatic carboxylic acids is 1. The quantitative estimate of drug-likeness (QED) is 0.258. The number of rotatable bonds is 6. The molecule has 14 nitrogen and oxygen atoms in total. The van der Waals surface area contributed by atoms with Gasteiger partial charge in [0.2, 0.25) is 0 Å². The molecule has 4 heterocycles. The van der Waals surface area contributed by atoms with Crippen LogP contribution in [0.1, 0.15) is 51.2 Å². The van der Waals surface area contributed by atoms with Crippen molar-refractivity contribution in [3.05, 3.63) is 56.4 Å². The van der Waals surface area contributed by atoms with Gasteiger partial charge in [-0.2, -0.15) is 0 Å². The number of carboxylic acid groups (broad SMARTS) is 1. The fourth-order valence-corrected chi connectivity index (χ4v) is 6.03. The van der Waals surface area contributed by atoms with Crippen LogP contribution in [-0.4, -0.2) is 78.1 Å². The summed E-state index contributed by atoms with van der Waals surface area (Å²) >= 11 is 1.87. The molecule has 1 saturated heterocycles. The minimum atomic E-state index is -1.14. The van der Waals surface area contributed by atoms with Gasteiger partial charge in [0.25, 0.3) is 11.8 Å². The maximum absolute atomic E-state index is 12.7. The minimum absolute atomic E-state index is 0.0289. The highest BCUT2D eigenvalue weighted by Gasteiger charge is 2.28. The Hall–Kier alpha value is -4.70. The van der Waals surface area contributed by atoms with Crippen LogP contribution in [-0.2, 0) is 4.74 Å². The zero-order valence-electron chi connectivity index (χ0n) is 22.4. The van der Waals surface area contributed by atoms with Crippen molar-refractivity contribution >= 4 is 68.3 Å². The van der Waals surface area contributed by atoms with Crippen LogP contribution in [0.15, 0.2) is 24.4 Å². The smallest absolute Gasteiger partial charge is 0.341 e. The van der Waals surface area contributed by atoms with Crippen molar-refractivity contribution < 1.29 is 33.8 Å². The number of carbonyl (C=O) groups excluding carboxylic acids is 4. The van der Waals surface area contributed by atoms with Gasteiger partial charge in [-0.1, -0.05) is 6.07 Å². The average Bonchev–Trinajstić information content (AvgIpc) is 3.44. The van der Waals surface area contributed by atoms with Gasteiger partial charge in [-0.25, -0.2) is 19.4 Å². The Balaban J connectivity index is 0.000000298. The Morgan fingerprint density at radius 2 is 1.54 bits per heavy atom. The standard InChI is InChI=1S/C18H21N5O4S.C7H8N2O3S/c1-11-13(17(25)27-2)16(28-14(11)15(19)24)21-18(26)23-9-7-22(8-10-23)12-5-3-4-6-20-12;1-2-3(7(11)12)6(9)13-4(2)5(8)10/h3-6H,7-10H2,1-2H3,(H2,19,24)(H,21,26);9H2,1H3,(H2,8,10)(H,11,12). The molecule has 218 valence electrons. The molecule has 0 aromatic carbocycles. The number of ether oxygens (including phenoxy) is 1. The maximum atomic E-state index is 12.7. The van der Waals surface area contributed by atoms with Crippen LogP contribution in [0.25, 0.3) is 0 Å². The summed E-state index contributed by atoms with van der Waals surface area (Å²) in [6, 6.07) is 5.36. The number of nitrogen functional groups attached to an aromatic ring is 1. The van der Waals surface area contributed by atoms with Crippen LogP contribution in [0, 0.1) is 13.8 Å². The van der Waals surface area contributed by atoms with Gasteiger partial charge in [0.1, 0.15) is 15.8 Å². The second-order valence-corrected chi connectivity index (χ2v) is 10.7. The molecule has 4 amide bonds. The molecule has 3 aromatic heterocycles. The normalized spacial score (nSPS) is 12.7. The zero-order chi connectivity index (χ0) is 30.4. The SMILES string of the molecule is COC(=O)c1c(NC(=O)N2CCN(c3ccccn3)CC2)sc(C(N)=O)c1C.Cc1c(C(N)=O)sc(N)c1C(=O)O. The number of nitrogens with one attached hydrogen (secondary N) is 1. The lowest BCUT2D eigenvalue weighted by Gasteiger charge is -2.35. The summed E-state index contributed by atoms with van der Waals surface area (Å²) in [6.07, 6.45) is 1.73. The van der Waals surface area contributed by atoms with E-state index in [1.165, 1.54) is 14.0 Å². The molecule has 3 aromatic rings. The van der Waals surface area contributed by atoms with Crippen molar-refractivity contribution in [1.29, 1.82) is 0 Å². The molecule has 0 unspecified atom stereocenters. The van der Waals surface area contributed by atoms with E-state index in [0.717, 1.165) is 28.5 Å². The fraction of sp³-hybridized carbons (Fsp3) is 0.280. The summed E-state index contributed by atoms with van der Waals surface area (Å²) in [7, 11) is 1.24. The number of pyridine rings is 1. The van der Waals surface area contributed by atoms with E-state index < -0.39 is 23.8 Å². The van der Waals surface area contributed by atoms with Crippen molar-refractivity contribution in [3.8, 4) is 0 Å². The van der Waals surface area contributed by atoms with Crippen LogP contribution in [0.3, 0.4) is 0 Å². The van der Waals surface area contributed by atoms with Gasteiger partial charge in [0.15, 0.2) is 0 Å². The molecule has 16 heteroatoms. The summed E-state index contributed by atoms with van der Waals surface area (Å²) in [5, 5.41) is 11.8. The molecular formula is C25H29N7O7S2. The largest absolute Gasteiger partial charge is 0.478 e. The number of methoxy groups -OCH3 is 1. The van der Waals surface area contributed by atoms with Crippen LogP contribution < -0.4 is 27.4 Å². The molecule has 0 bridgehead atoms. The second kappa shape index (κ2) is 13.1. The van der Waals surface area contributed by atoms with Crippen LogP contribution in [0.2, 0.25) is 0 Å². The van der Waals surface area contributed by atoms with Gasteiger partial charge in [-0.05, 0) is 37.1 Å². The van der Waals surface area contributed by atoms with Crippen molar-refractivity contribution in [3.63, 3.8) is 0 Å². The Morgan fingerprint density at radius 1 is 0.951 bits per heavy atom. The Kier molecular flexibility index (Phi) is 9.85. The predicted octanol–water partition coefficient (Wildman–Crippen LogP) is 2.13. The molecule has 0 radical (unpaired) electrons. The van der Waals surface area contributed by atoms with Crippen molar-refractivity contribution in [2.75, 3.05) is 49.2 Å². The van der Waals surface area contributed by atoms with Gasteiger partial charge in [0, 0.05) is 32.4 Å². The molecule has 0 atom stereocenters. The van der Waals surface area contributed by atoms with Crippen LogP contribution >= 0.6 is 22.7 Å². The molecule has 1 aliphatic rings. The number of esters is 1. The van der Waals surface area contributed by atoms with Crippen molar-refractivity contribution in [2.24, 2.45) is 11.5 Å². The Bertz CT molecular complexity index is 1480. The molecular weight excluding hydrogens is 574 g/mol. The zero-order valence-corrected chi connectivity index (χ0v) is 24.1. The van der Waals surface area contributed by atoms with E-state index >= 15 is 0 Å². The number of hydrogen-bond donors (Lipinski definition) is 5. The van der Waals surface area contributed by atoms with Gasteiger partial charge in [-0.15, -0.1) is 22.7 Å². The first-order valence-corrected chi connectivity index (χ1v) is 13.7. The van der Waals surface area contributed by atoms with Gasteiger partial charge in [-0.3, -0.25) is 14.9 Å². The van der Waals surface area contributed by atoms with E-state index in [1.807, 2.05) is 18.2 Å². The lowest BCUT2D eigenvalue weighted by atomic mass is 10.1. The molecule has 4 rings (SSSR count). The highest BCUT2D eigenvalue weighted by molar-refractivity contribution is 7.19. The summed E-state index contributed by atoms with van der Waals surface area (Å²) in [5.74, 6) is -2.20. The molecule has 1 aliphatic heterocycles. The van der Waals surface area contributed by atoms with E-state index in [4.69, 9.17) is 27.0 Å². The van der Waals surface area contributed by atoms with E-state index in [-0.39, 0.29) is 36.9 Å². The molecule has 8 N–H and O–H groups in total. The average molecular weight is 604 g/mol. The number of carbonyl (C=O) groups is 5. The van der Waals surface area contributed by atoms with Crippen molar-refractivity contribution in [2.45, 2.75) is 13.8 Å². The number of thiophene rings is 2. The van der Waals surface area contributed by atoms with Gasteiger partial charge in [0.05, 0.1) is 28.0 Å². The highest BCUT2D eigenvalue weighted by Crippen LogP contribution is 2.34. The lowest BCUT2D eigenvalue weighted by Crippen LogP contribution is -2.50. The van der Waals surface area contributed by atoms with E-state index in [0.29, 0.717) is 37.3 Å². The second-order valence-electron chi connectivity index (χ2n) is 8.67. The number of aromatic nitrogens is 1. The van der Waals surface area contributed by atoms with Crippen LogP contribution in [0.5, 0.6) is 0 Å². The van der Waals surface area contributed by atoms with E-state index in [2.05, 4.69) is 15.2 Å². The molecule has 0 spiro atoms. The number of amides is 4. The number of piperazine rings is 1. The Labute approximate surface area is 242 Å². The number of hydrogen-bond acceptors (Lipinski definition) is 11. The number of nitrogens with zero attached hydrogens (tertiary/aromatic N) is 3. The van der Waals surface area contributed by atoms with Gasteiger partial charge >= 0.3 is 18.0 Å². The monoisotopic (exact) mass is 603 g/mol. The molecule has 0 saturated carbocycles. The summed E-state index contributed by atoms with van der Waals surface area (Å²) in [5.41, 5.74) is 16.7. The van der Waals surface area contributed by atoms with Crippen LogP contribution in [0.4, 0.5) is 20.6 Å². The predicted molar refractivity (Wildman–Crippen MR) is 155 cm³/mol. The fourth-order valence-electron chi connectivity index (χ4n) is 4.08. The number of primary amides is 2. The minimum Gasteiger partial charge on any atom is -0.478 e. The summed E-state index contributed by atoms with van der Waals surface area (Å²) < 4.78 is 4.78. The number of urea groups is 1. The topological polar surface area (TPSA) is 224 Å². The highest BCUT2D eigenvalue weighted by atomic mass is 32.1. The first-order chi connectivity index (χ1) is 19.4. The number of carboxylic acids is 1.